The van der Waals surface area contributed by atoms with E-state index < -0.39 is 0 Å². The van der Waals surface area contributed by atoms with Crippen LogP contribution in [-0.2, 0) is 11.8 Å². The van der Waals surface area contributed by atoms with Gasteiger partial charge in [0.2, 0.25) is 5.91 Å². The van der Waals surface area contributed by atoms with E-state index in [0.717, 1.165) is 12.8 Å². The lowest BCUT2D eigenvalue weighted by molar-refractivity contribution is -0.119. The average Bonchev–Trinajstić information content (AvgIpc) is 2.56. The van der Waals surface area contributed by atoms with Crippen molar-refractivity contribution < 1.29 is 4.79 Å². The minimum absolute atomic E-state index is 0.0237. The fourth-order valence-corrected chi connectivity index (χ4v) is 3.46. The molecule has 1 aromatic carbocycles. The van der Waals surface area contributed by atoms with E-state index in [1.54, 1.807) is 13.1 Å². The maximum absolute atomic E-state index is 12.4. The lowest BCUT2D eigenvalue weighted by atomic mass is 10.0. The van der Waals surface area contributed by atoms with E-state index >= 15 is 0 Å². The van der Waals surface area contributed by atoms with Gasteiger partial charge in [0, 0.05) is 13.1 Å². The number of hydrogen-bond donors (Lipinski definition) is 1. The van der Waals surface area contributed by atoms with Gasteiger partial charge in [0.05, 0.1) is 16.7 Å². The quantitative estimate of drug-likeness (QED) is 0.578. The Hall–Kier alpha value is -1.82. The second-order valence-electron chi connectivity index (χ2n) is 6.86. The van der Waals surface area contributed by atoms with Gasteiger partial charge in [-0.3, -0.25) is 14.2 Å². The SMILES string of the molecule is CC(C)CCCC(C)NC(=O)CSc1nc2ccccc2c(=O)n1C. The van der Waals surface area contributed by atoms with Gasteiger partial charge in [-0.05, 0) is 31.4 Å². The highest BCUT2D eigenvalue weighted by atomic mass is 32.2. The van der Waals surface area contributed by atoms with Crippen molar-refractivity contribution in [2.24, 2.45) is 13.0 Å². The minimum Gasteiger partial charge on any atom is -0.353 e. The molecule has 0 saturated carbocycles. The standard InChI is InChI=1S/C19H27N3O2S/c1-13(2)8-7-9-14(3)20-17(23)12-25-19-21-16-11-6-5-10-15(16)18(24)22(19)4/h5-6,10-11,13-14H,7-9,12H2,1-4H3,(H,20,23). The number of rotatable bonds is 8. The molecule has 1 aromatic heterocycles. The lowest BCUT2D eigenvalue weighted by Crippen LogP contribution is -2.34. The van der Waals surface area contributed by atoms with Crippen LogP contribution in [0.3, 0.4) is 0 Å². The molecule has 0 spiro atoms. The van der Waals surface area contributed by atoms with Crippen LogP contribution >= 0.6 is 11.8 Å². The second kappa shape index (κ2) is 9.04. The van der Waals surface area contributed by atoms with Crippen molar-refractivity contribution in [1.82, 2.24) is 14.9 Å². The van der Waals surface area contributed by atoms with Crippen molar-refractivity contribution >= 4 is 28.6 Å². The summed E-state index contributed by atoms with van der Waals surface area (Å²) in [6, 6.07) is 7.43. The summed E-state index contributed by atoms with van der Waals surface area (Å²) >= 11 is 1.29. The van der Waals surface area contributed by atoms with Crippen molar-refractivity contribution in [3.8, 4) is 0 Å². The van der Waals surface area contributed by atoms with E-state index in [-0.39, 0.29) is 23.3 Å². The summed E-state index contributed by atoms with van der Waals surface area (Å²) in [4.78, 5) is 29.0. The number of fused-ring (bicyclic) bond motifs is 1. The molecule has 0 aliphatic heterocycles. The Bertz CT molecular complexity index is 786. The summed E-state index contributed by atoms with van der Waals surface area (Å²) in [7, 11) is 1.69. The summed E-state index contributed by atoms with van der Waals surface area (Å²) < 4.78 is 1.51. The molecule has 1 heterocycles. The largest absolute Gasteiger partial charge is 0.353 e. The van der Waals surface area contributed by atoms with Crippen LogP contribution in [0, 0.1) is 5.92 Å². The maximum Gasteiger partial charge on any atom is 0.261 e. The van der Waals surface area contributed by atoms with Crippen molar-refractivity contribution in [2.75, 3.05) is 5.75 Å². The van der Waals surface area contributed by atoms with Crippen LogP contribution < -0.4 is 10.9 Å². The summed E-state index contributed by atoms with van der Waals surface area (Å²) in [5.74, 6) is 0.927. The van der Waals surface area contributed by atoms with Gasteiger partial charge in [0.25, 0.3) is 5.56 Å². The molecule has 136 valence electrons. The number of para-hydroxylation sites is 1. The van der Waals surface area contributed by atoms with Gasteiger partial charge >= 0.3 is 0 Å². The molecule has 2 aromatic rings. The normalized spacial score (nSPS) is 12.5. The zero-order valence-electron chi connectivity index (χ0n) is 15.4. The van der Waals surface area contributed by atoms with Crippen LogP contribution in [0.2, 0.25) is 0 Å². The summed E-state index contributed by atoms with van der Waals surface area (Å²) in [6.07, 6.45) is 3.28. The third-order valence-electron chi connectivity index (χ3n) is 4.10. The van der Waals surface area contributed by atoms with Crippen LogP contribution in [0.4, 0.5) is 0 Å². The molecule has 0 radical (unpaired) electrons. The molecular weight excluding hydrogens is 334 g/mol. The Morgan fingerprint density at radius 2 is 1.96 bits per heavy atom. The van der Waals surface area contributed by atoms with Crippen LogP contribution in [0.15, 0.2) is 34.2 Å². The van der Waals surface area contributed by atoms with Gasteiger partial charge in [-0.1, -0.05) is 50.6 Å². The average molecular weight is 362 g/mol. The zero-order valence-corrected chi connectivity index (χ0v) is 16.2. The molecule has 0 aliphatic carbocycles. The number of carbonyl (C=O) groups excluding carboxylic acids is 1. The predicted molar refractivity (Wildman–Crippen MR) is 104 cm³/mol. The first-order chi connectivity index (χ1) is 11.9. The van der Waals surface area contributed by atoms with E-state index in [4.69, 9.17) is 0 Å². The Morgan fingerprint density at radius 1 is 1.24 bits per heavy atom. The van der Waals surface area contributed by atoms with E-state index in [9.17, 15) is 9.59 Å². The molecule has 6 heteroatoms. The Labute approximate surface area is 153 Å². The minimum atomic E-state index is -0.0874. The van der Waals surface area contributed by atoms with Gasteiger partial charge in [0.15, 0.2) is 5.16 Å². The van der Waals surface area contributed by atoms with E-state index in [1.807, 2.05) is 25.1 Å². The van der Waals surface area contributed by atoms with Gasteiger partial charge in [-0.15, -0.1) is 0 Å². The first kappa shape index (κ1) is 19.5. The maximum atomic E-state index is 12.4. The molecule has 0 bridgehead atoms. The molecule has 0 fully saturated rings. The highest BCUT2D eigenvalue weighted by molar-refractivity contribution is 7.99. The molecule has 1 unspecified atom stereocenters. The summed E-state index contributed by atoms with van der Waals surface area (Å²) in [6.45, 7) is 6.45. The number of benzene rings is 1. The summed E-state index contributed by atoms with van der Waals surface area (Å²) in [5, 5.41) is 4.18. The predicted octanol–water partition coefficient (Wildman–Crippen LogP) is 3.36. The molecule has 25 heavy (non-hydrogen) atoms. The topological polar surface area (TPSA) is 64.0 Å². The lowest BCUT2D eigenvalue weighted by Gasteiger charge is -2.14. The fourth-order valence-electron chi connectivity index (χ4n) is 2.68. The Kier molecular flexibility index (Phi) is 7.05. The molecule has 1 N–H and O–H groups in total. The van der Waals surface area contributed by atoms with Crippen molar-refractivity contribution in [3.05, 3.63) is 34.6 Å². The highest BCUT2D eigenvalue weighted by Crippen LogP contribution is 2.16. The van der Waals surface area contributed by atoms with Gasteiger partial charge < -0.3 is 5.32 Å². The molecule has 0 saturated heterocycles. The van der Waals surface area contributed by atoms with Gasteiger partial charge in [0.1, 0.15) is 0 Å². The smallest absolute Gasteiger partial charge is 0.261 e. The van der Waals surface area contributed by atoms with Crippen LogP contribution in [0.5, 0.6) is 0 Å². The molecule has 1 amide bonds. The number of amides is 1. The molecule has 5 nitrogen and oxygen atoms in total. The number of nitrogens with one attached hydrogen (secondary N) is 1. The Balaban J connectivity index is 1.92. The van der Waals surface area contributed by atoms with Crippen molar-refractivity contribution in [1.29, 1.82) is 0 Å². The van der Waals surface area contributed by atoms with Crippen molar-refractivity contribution in [3.63, 3.8) is 0 Å². The fraction of sp³-hybridized carbons (Fsp3) is 0.526. The highest BCUT2D eigenvalue weighted by Gasteiger charge is 2.12. The van der Waals surface area contributed by atoms with E-state index in [0.29, 0.717) is 22.0 Å². The Morgan fingerprint density at radius 3 is 2.68 bits per heavy atom. The molecule has 1 atom stereocenters. The van der Waals surface area contributed by atoms with Gasteiger partial charge in [-0.25, -0.2) is 4.98 Å². The van der Waals surface area contributed by atoms with E-state index in [1.165, 1.54) is 22.7 Å². The first-order valence-corrected chi connectivity index (χ1v) is 9.75. The second-order valence-corrected chi connectivity index (χ2v) is 7.80. The number of nitrogens with zero attached hydrogens (tertiary/aromatic N) is 2. The van der Waals surface area contributed by atoms with Crippen LogP contribution in [0.25, 0.3) is 10.9 Å². The van der Waals surface area contributed by atoms with Crippen molar-refractivity contribution in [2.45, 2.75) is 51.2 Å². The monoisotopic (exact) mass is 361 g/mol. The van der Waals surface area contributed by atoms with Gasteiger partial charge in [-0.2, -0.15) is 0 Å². The number of carbonyl (C=O) groups is 1. The molecule has 0 aliphatic rings. The number of hydrogen-bond acceptors (Lipinski definition) is 4. The molecule has 2 rings (SSSR count). The van der Waals surface area contributed by atoms with Crippen LogP contribution in [-0.4, -0.2) is 27.3 Å². The number of thioether (sulfide) groups is 1. The zero-order chi connectivity index (χ0) is 18.4. The van der Waals surface area contributed by atoms with Crippen LogP contribution in [0.1, 0.15) is 40.0 Å². The third kappa shape index (κ3) is 5.59. The first-order valence-electron chi connectivity index (χ1n) is 8.76. The van der Waals surface area contributed by atoms with E-state index in [2.05, 4.69) is 24.1 Å². The summed E-state index contributed by atoms with van der Waals surface area (Å²) in [5.41, 5.74) is 0.575. The third-order valence-corrected chi connectivity index (χ3v) is 5.13. The molecular formula is C19H27N3O2S. The number of aromatic nitrogens is 2.